The van der Waals surface area contributed by atoms with Crippen LogP contribution >= 0.6 is 12.2 Å². The molecule has 3 heterocycles. The average molecular weight is 472 g/mol. The number of ether oxygens (including phenoxy) is 1. The third kappa shape index (κ3) is 3.75. The third-order valence-electron chi connectivity index (χ3n) is 5.86. The lowest BCUT2D eigenvalue weighted by atomic mass is 10.0. The Morgan fingerprint density at radius 2 is 1.79 bits per heavy atom. The summed E-state index contributed by atoms with van der Waals surface area (Å²) in [5.41, 5.74) is 3.49. The molecule has 34 heavy (non-hydrogen) atoms. The first-order valence-corrected chi connectivity index (χ1v) is 11.0. The zero-order valence-electron chi connectivity index (χ0n) is 18.2. The van der Waals surface area contributed by atoms with Crippen molar-refractivity contribution in [2.45, 2.75) is 12.1 Å². The van der Waals surface area contributed by atoms with Crippen LogP contribution in [0.3, 0.4) is 0 Å². The van der Waals surface area contributed by atoms with Gasteiger partial charge in [0.1, 0.15) is 11.8 Å². The molecular formula is C25H21N5O3S. The molecular weight excluding hydrogens is 450 g/mol. The molecule has 1 aliphatic rings. The zero-order chi connectivity index (χ0) is 23.7. The van der Waals surface area contributed by atoms with Crippen LogP contribution in [-0.2, 0) is 0 Å². The van der Waals surface area contributed by atoms with Crippen LogP contribution in [0, 0.1) is 10.1 Å². The number of nitrogens with one attached hydrogen (secondary N) is 1. The molecule has 2 aromatic carbocycles. The van der Waals surface area contributed by atoms with Gasteiger partial charge in [-0.2, -0.15) is 0 Å². The summed E-state index contributed by atoms with van der Waals surface area (Å²) >= 11 is 5.81. The van der Waals surface area contributed by atoms with Gasteiger partial charge >= 0.3 is 0 Å². The number of aromatic nitrogens is 2. The van der Waals surface area contributed by atoms with Crippen molar-refractivity contribution >= 4 is 28.7 Å². The van der Waals surface area contributed by atoms with Crippen LogP contribution in [0.2, 0.25) is 0 Å². The summed E-state index contributed by atoms with van der Waals surface area (Å²) in [6.07, 6.45) is 3.70. The summed E-state index contributed by atoms with van der Waals surface area (Å²) in [6.45, 7) is 0. The molecule has 0 unspecified atom stereocenters. The highest BCUT2D eigenvalue weighted by molar-refractivity contribution is 7.80. The van der Waals surface area contributed by atoms with E-state index < -0.39 is 4.92 Å². The first-order chi connectivity index (χ1) is 16.6. The van der Waals surface area contributed by atoms with E-state index in [9.17, 15) is 10.1 Å². The van der Waals surface area contributed by atoms with Crippen LogP contribution in [0.4, 0.5) is 11.4 Å². The Morgan fingerprint density at radius 1 is 1.03 bits per heavy atom. The largest absolute Gasteiger partial charge is 0.495 e. The van der Waals surface area contributed by atoms with E-state index in [1.807, 2.05) is 70.3 Å². The third-order valence-corrected chi connectivity index (χ3v) is 6.18. The second-order valence-corrected chi connectivity index (χ2v) is 8.13. The fraction of sp³-hybridized carbons (Fsp3) is 0.120. The number of methoxy groups -OCH3 is 1. The number of hydrogen-bond donors (Lipinski definition) is 1. The van der Waals surface area contributed by atoms with Crippen molar-refractivity contribution < 1.29 is 9.66 Å². The molecule has 2 atom stereocenters. The molecule has 1 fully saturated rings. The van der Waals surface area contributed by atoms with Gasteiger partial charge in [-0.05, 0) is 60.7 Å². The maximum Gasteiger partial charge on any atom is 0.269 e. The van der Waals surface area contributed by atoms with E-state index in [1.54, 1.807) is 25.4 Å². The van der Waals surface area contributed by atoms with Crippen LogP contribution in [-0.4, -0.2) is 26.7 Å². The van der Waals surface area contributed by atoms with Gasteiger partial charge in [0.05, 0.1) is 29.5 Å². The van der Waals surface area contributed by atoms with Gasteiger partial charge in [-0.3, -0.25) is 15.1 Å². The predicted molar refractivity (Wildman–Crippen MR) is 133 cm³/mol. The number of nitrogens with zero attached hydrogens (tertiary/aromatic N) is 4. The van der Waals surface area contributed by atoms with E-state index in [2.05, 4.69) is 10.3 Å². The molecule has 1 saturated heterocycles. The summed E-state index contributed by atoms with van der Waals surface area (Å²) in [6, 6.07) is 23.5. The van der Waals surface area contributed by atoms with Crippen LogP contribution in [0.1, 0.15) is 23.5 Å². The molecule has 2 aromatic heterocycles. The van der Waals surface area contributed by atoms with E-state index in [-0.39, 0.29) is 17.8 Å². The van der Waals surface area contributed by atoms with Crippen molar-refractivity contribution in [2.24, 2.45) is 0 Å². The molecule has 9 heteroatoms. The number of pyridine rings is 1. The number of nitro groups is 1. The van der Waals surface area contributed by atoms with Gasteiger partial charge in [-0.15, -0.1) is 0 Å². The summed E-state index contributed by atoms with van der Waals surface area (Å²) in [4.78, 5) is 17.4. The van der Waals surface area contributed by atoms with Crippen LogP contribution in [0.15, 0.2) is 91.3 Å². The predicted octanol–water partition coefficient (Wildman–Crippen LogP) is 4.97. The van der Waals surface area contributed by atoms with Crippen LogP contribution < -0.4 is 15.0 Å². The smallest absolute Gasteiger partial charge is 0.269 e. The van der Waals surface area contributed by atoms with Gasteiger partial charge in [0.25, 0.3) is 5.69 Å². The number of thiocarbonyl (C=S) groups is 1. The lowest BCUT2D eigenvalue weighted by Gasteiger charge is -2.29. The number of para-hydroxylation sites is 2. The summed E-state index contributed by atoms with van der Waals surface area (Å²) in [7, 11) is 1.64. The van der Waals surface area contributed by atoms with Gasteiger partial charge in [-0.1, -0.05) is 18.2 Å². The lowest BCUT2D eigenvalue weighted by Crippen LogP contribution is -2.30. The Morgan fingerprint density at radius 3 is 2.50 bits per heavy atom. The monoisotopic (exact) mass is 471 g/mol. The van der Waals surface area contributed by atoms with Gasteiger partial charge in [0.2, 0.25) is 0 Å². The van der Waals surface area contributed by atoms with E-state index in [1.165, 1.54) is 12.1 Å². The van der Waals surface area contributed by atoms with Crippen molar-refractivity contribution in [3.63, 3.8) is 0 Å². The van der Waals surface area contributed by atoms with Crippen molar-refractivity contribution in [3.05, 3.63) is 113 Å². The number of non-ortho nitro benzene ring substituents is 1. The Balaban J connectivity index is 1.66. The second-order valence-electron chi connectivity index (χ2n) is 7.75. The molecule has 0 bridgehead atoms. The summed E-state index contributed by atoms with van der Waals surface area (Å²) < 4.78 is 7.66. The number of rotatable bonds is 6. The van der Waals surface area contributed by atoms with Crippen molar-refractivity contribution in [2.75, 3.05) is 12.0 Å². The molecule has 0 saturated carbocycles. The zero-order valence-corrected chi connectivity index (χ0v) is 19.1. The normalized spacial score (nSPS) is 17.4. The fourth-order valence-corrected chi connectivity index (χ4v) is 4.69. The van der Waals surface area contributed by atoms with Crippen LogP contribution in [0.5, 0.6) is 5.75 Å². The van der Waals surface area contributed by atoms with Gasteiger partial charge in [0, 0.05) is 35.9 Å². The molecule has 8 nitrogen and oxygen atoms in total. The van der Waals surface area contributed by atoms with Crippen molar-refractivity contribution in [3.8, 4) is 11.4 Å². The maximum atomic E-state index is 11.1. The molecule has 170 valence electrons. The minimum Gasteiger partial charge on any atom is -0.495 e. The van der Waals surface area contributed by atoms with Crippen molar-refractivity contribution in [1.29, 1.82) is 0 Å². The highest BCUT2D eigenvalue weighted by Crippen LogP contribution is 2.44. The number of anilines is 1. The van der Waals surface area contributed by atoms with E-state index >= 15 is 0 Å². The Labute approximate surface area is 201 Å². The SMILES string of the molecule is COc1ccccc1N1C(=S)N[C@H](c2ccccn2)[C@@H]1c1cccn1-c1ccc([N+](=O)[O-])cc1. The standard InChI is InChI=1S/C25H21N5O3S/c1-33-22-10-3-2-8-20(22)29-24(23(27-25(29)34)19-7-4-5-15-26-19)21-9-6-16-28(21)17-11-13-18(14-12-17)30(31)32/h2-16,23-24H,1H3,(H,27,34)/t23-,24+/m1/s1. The molecule has 4 aromatic rings. The van der Waals surface area contributed by atoms with E-state index in [4.69, 9.17) is 17.0 Å². The Hall–Kier alpha value is -4.24. The summed E-state index contributed by atoms with van der Waals surface area (Å²) in [5.74, 6) is 0.701. The van der Waals surface area contributed by atoms with Gasteiger partial charge in [-0.25, -0.2) is 0 Å². The van der Waals surface area contributed by atoms with E-state index in [0.717, 1.165) is 22.8 Å². The Kier molecular flexibility index (Phi) is 5.69. The minimum atomic E-state index is -0.403. The first-order valence-electron chi connectivity index (χ1n) is 10.6. The maximum absolute atomic E-state index is 11.1. The minimum absolute atomic E-state index is 0.0446. The molecule has 0 aliphatic carbocycles. The second kappa shape index (κ2) is 8.95. The number of benzene rings is 2. The van der Waals surface area contributed by atoms with Crippen LogP contribution in [0.25, 0.3) is 5.69 Å². The molecule has 1 aliphatic heterocycles. The quantitative estimate of drug-likeness (QED) is 0.241. The number of nitro benzene ring substituents is 1. The molecule has 1 N–H and O–H groups in total. The van der Waals surface area contributed by atoms with Gasteiger partial charge < -0.3 is 19.5 Å². The molecule has 5 rings (SSSR count). The highest BCUT2D eigenvalue weighted by Gasteiger charge is 2.43. The topological polar surface area (TPSA) is 85.5 Å². The highest BCUT2D eigenvalue weighted by atomic mass is 32.1. The molecule has 0 spiro atoms. The van der Waals surface area contributed by atoms with Gasteiger partial charge in [0.15, 0.2) is 5.11 Å². The van der Waals surface area contributed by atoms with Crippen molar-refractivity contribution in [1.82, 2.24) is 14.9 Å². The van der Waals surface area contributed by atoms with E-state index in [0.29, 0.717) is 10.9 Å². The lowest BCUT2D eigenvalue weighted by molar-refractivity contribution is -0.384. The fourth-order valence-electron chi connectivity index (χ4n) is 4.35. The molecule has 0 radical (unpaired) electrons. The first kappa shape index (κ1) is 21.6. The summed E-state index contributed by atoms with van der Waals surface area (Å²) in [5, 5.41) is 15.1. The average Bonchev–Trinajstić information content (AvgIpc) is 3.48. The molecule has 0 amide bonds. The Bertz CT molecular complexity index is 1340. The number of hydrogen-bond acceptors (Lipinski definition) is 5.